The predicted molar refractivity (Wildman–Crippen MR) is 92.0 cm³/mol. The molecule has 2 heterocycles. The van der Waals surface area contributed by atoms with Gasteiger partial charge in [-0.05, 0) is 13.0 Å². The first-order valence-electron chi connectivity index (χ1n) is 7.70. The van der Waals surface area contributed by atoms with Crippen molar-refractivity contribution in [2.75, 3.05) is 19.0 Å². The molecule has 1 aromatic carbocycles. The van der Waals surface area contributed by atoms with Gasteiger partial charge in [0.05, 0.1) is 13.0 Å². The van der Waals surface area contributed by atoms with E-state index in [1.807, 2.05) is 31.2 Å². The number of rotatable bonds is 5. The van der Waals surface area contributed by atoms with Crippen LogP contribution in [0.2, 0.25) is 0 Å². The number of carbonyl (C=O) groups excluding carboxylic acids is 2. The minimum atomic E-state index is -0.351. The third-order valence-corrected chi connectivity index (χ3v) is 4.82. The van der Waals surface area contributed by atoms with Crippen molar-refractivity contribution >= 4 is 28.3 Å². The molecule has 0 saturated carbocycles. The Morgan fingerprint density at radius 3 is 2.96 bits per heavy atom. The van der Waals surface area contributed by atoms with Gasteiger partial charge in [-0.25, -0.2) is 4.98 Å². The second-order valence-corrected chi connectivity index (χ2v) is 6.99. The third-order valence-electron chi connectivity index (χ3n) is 3.99. The van der Waals surface area contributed by atoms with Gasteiger partial charge in [0.15, 0.2) is 5.13 Å². The molecule has 2 aromatic rings. The number of aromatic nitrogens is 1. The van der Waals surface area contributed by atoms with E-state index in [-0.39, 0.29) is 24.2 Å². The Morgan fingerprint density at radius 2 is 2.25 bits per heavy atom. The number of thiazole rings is 1. The van der Waals surface area contributed by atoms with Crippen LogP contribution in [0.1, 0.15) is 16.9 Å². The summed E-state index contributed by atoms with van der Waals surface area (Å²) in [4.78, 5) is 31.4. The van der Waals surface area contributed by atoms with Gasteiger partial charge in [-0.3, -0.25) is 9.59 Å². The smallest absolute Gasteiger partial charge is 0.231 e. The largest absolute Gasteiger partial charge is 0.496 e. The van der Waals surface area contributed by atoms with Crippen LogP contribution in [0.25, 0.3) is 0 Å². The lowest BCUT2D eigenvalue weighted by molar-refractivity contribution is -0.128. The first-order valence-corrected chi connectivity index (χ1v) is 8.51. The highest BCUT2D eigenvalue weighted by Gasteiger charge is 2.34. The number of para-hydroxylation sites is 1. The number of aryl methyl sites for hydroxylation is 1. The van der Waals surface area contributed by atoms with Crippen LogP contribution in [-0.4, -0.2) is 35.4 Å². The van der Waals surface area contributed by atoms with Gasteiger partial charge in [0.25, 0.3) is 0 Å². The number of nitrogens with one attached hydrogen (secondary N) is 1. The number of benzene rings is 1. The van der Waals surface area contributed by atoms with E-state index in [2.05, 4.69) is 10.3 Å². The van der Waals surface area contributed by atoms with Crippen molar-refractivity contribution in [1.29, 1.82) is 0 Å². The molecule has 0 radical (unpaired) electrons. The molecule has 24 heavy (non-hydrogen) atoms. The van der Waals surface area contributed by atoms with Crippen LogP contribution in [0.3, 0.4) is 0 Å². The standard InChI is InChI=1S/C17H19N3O3S/c1-11-8-18-17(24-11)19-16(22)13-7-15(21)20(10-13)9-12-5-3-4-6-14(12)23-2/h3-6,8,13H,7,9-10H2,1-2H3,(H,18,19,22)/t13-/m0/s1. The first kappa shape index (κ1) is 16.4. The van der Waals surface area contributed by atoms with Crippen molar-refractivity contribution in [2.45, 2.75) is 19.9 Å². The number of ether oxygens (including phenoxy) is 1. The summed E-state index contributed by atoms with van der Waals surface area (Å²) in [6, 6.07) is 7.59. The average molecular weight is 345 g/mol. The molecule has 3 rings (SSSR count). The fourth-order valence-electron chi connectivity index (χ4n) is 2.76. The Morgan fingerprint density at radius 1 is 1.46 bits per heavy atom. The summed E-state index contributed by atoms with van der Waals surface area (Å²) in [7, 11) is 1.61. The number of methoxy groups -OCH3 is 1. The molecule has 0 unspecified atom stereocenters. The number of hydrogen-bond acceptors (Lipinski definition) is 5. The number of hydrogen-bond donors (Lipinski definition) is 1. The molecule has 0 aliphatic carbocycles. The second-order valence-electron chi connectivity index (χ2n) is 5.75. The van der Waals surface area contributed by atoms with E-state index >= 15 is 0 Å². The van der Waals surface area contributed by atoms with Crippen LogP contribution in [-0.2, 0) is 16.1 Å². The minimum Gasteiger partial charge on any atom is -0.496 e. The maximum Gasteiger partial charge on any atom is 0.231 e. The number of carbonyl (C=O) groups is 2. The molecule has 126 valence electrons. The van der Waals surface area contributed by atoms with E-state index < -0.39 is 0 Å². The third kappa shape index (κ3) is 3.56. The van der Waals surface area contributed by atoms with Crippen molar-refractivity contribution in [3.8, 4) is 5.75 Å². The van der Waals surface area contributed by atoms with Crippen molar-refractivity contribution in [3.05, 3.63) is 40.9 Å². The maximum atomic E-state index is 12.3. The van der Waals surface area contributed by atoms with Gasteiger partial charge in [-0.1, -0.05) is 18.2 Å². The van der Waals surface area contributed by atoms with Crippen LogP contribution in [0, 0.1) is 12.8 Å². The van der Waals surface area contributed by atoms with E-state index in [4.69, 9.17) is 4.74 Å². The molecule has 1 aromatic heterocycles. The van der Waals surface area contributed by atoms with Crippen molar-refractivity contribution in [1.82, 2.24) is 9.88 Å². The SMILES string of the molecule is COc1ccccc1CN1C[C@@H](C(=O)Nc2ncc(C)s2)CC1=O. The molecule has 2 amide bonds. The molecule has 1 N–H and O–H groups in total. The van der Waals surface area contributed by atoms with Gasteiger partial charge in [0, 0.05) is 36.1 Å². The molecule has 1 aliphatic rings. The number of amides is 2. The Hall–Kier alpha value is -2.41. The van der Waals surface area contributed by atoms with Crippen LogP contribution < -0.4 is 10.1 Å². The molecule has 0 spiro atoms. The molecule has 1 aliphatic heterocycles. The second kappa shape index (κ2) is 7.00. The summed E-state index contributed by atoms with van der Waals surface area (Å²) in [5.41, 5.74) is 0.935. The van der Waals surface area contributed by atoms with Gasteiger partial charge in [0.1, 0.15) is 5.75 Å². The summed E-state index contributed by atoms with van der Waals surface area (Å²) in [6.07, 6.45) is 1.94. The van der Waals surface area contributed by atoms with Gasteiger partial charge in [-0.2, -0.15) is 0 Å². The summed E-state index contributed by atoms with van der Waals surface area (Å²) in [5.74, 6) is 0.226. The van der Waals surface area contributed by atoms with Crippen LogP contribution in [0.5, 0.6) is 5.75 Å². The van der Waals surface area contributed by atoms with E-state index in [0.717, 1.165) is 16.2 Å². The summed E-state index contributed by atoms with van der Waals surface area (Å²) >= 11 is 1.43. The Bertz CT molecular complexity index is 759. The van der Waals surface area contributed by atoms with E-state index in [9.17, 15) is 9.59 Å². The number of nitrogens with zero attached hydrogens (tertiary/aromatic N) is 2. The van der Waals surface area contributed by atoms with Gasteiger partial charge >= 0.3 is 0 Å². The van der Waals surface area contributed by atoms with Gasteiger partial charge in [0.2, 0.25) is 11.8 Å². The Balaban J connectivity index is 1.64. The Kier molecular flexibility index (Phi) is 4.80. The summed E-state index contributed by atoms with van der Waals surface area (Å²) < 4.78 is 5.32. The monoisotopic (exact) mass is 345 g/mol. The van der Waals surface area contributed by atoms with E-state index in [1.165, 1.54) is 11.3 Å². The normalized spacial score (nSPS) is 17.2. The van der Waals surface area contributed by atoms with Crippen LogP contribution >= 0.6 is 11.3 Å². The molecular formula is C17H19N3O3S. The average Bonchev–Trinajstić information content (AvgIpc) is 3.14. The molecule has 0 bridgehead atoms. The molecule has 7 heteroatoms. The van der Waals surface area contributed by atoms with Crippen LogP contribution in [0.15, 0.2) is 30.5 Å². The molecule has 1 fully saturated rings. The quantitative estimate of drug-likeness (QED) is 0.903. The highest BCUT2D eigenvalue weighted by atomic mass is 32.1. The van der Waals surface area contributed by atoms with E-state index in [0.29, 0.717) is 18.2 Å². The van der Waals surface area contributed by atoms with Crippen molar-refractivity contribution in [3.63, 3.8) is 0 Å². The van der Waals surface area contributed by atoms with Gasteiger partial charge < -0.3 is 15.0 Å². The zero-order chi connectivity index (χ0) is 17.1. The zero-order valence-electron chi connectivity index (χ0n) is 13.6. The summed E-state index contributed by atoms with van der Waals surface area (Å²) in [5, 5.41) is 3.37. The fraction of sp³-hybridized carbons (Fsp3) is 0.353. The van der Waals surface area contributed by atoms with Crippen molar-refractivity contribution < 1.29 is 14.3 Å². The molecule has 1 atom stereocenters. The molecular weight excluding hydrogens is 326 g/mol. The highest BCUT2D eigenvalue weighted by molar-refractivity contribution is 7.15. The first-order chi connectivity index (χ1) is 11.6. The lowest BCUT2D eigenvalue weighted by Crippen LogP contribution is -2.28. The highest BCUT2D eigenvalue weighted by Crippen LogP contribution is 2.26. The lowest BCUT2D eigenvalue weighted by Gasteiger charge is -2.18. The molecule has 6 nitrogen and oxygen atoms in total. The predicted octanol–water partition coefficient (Wildman–Crippen LogP) is 2.45. The van der Waals surface area contributed by atoms with E-state index in [1.54, 1.807) is 18.2 Å². The lowest BCUT2D eigenvalue weighted by atomic mass is 10.1. The van der Waals surface area contributed by atoms with Gasteiger partial charge in [-0.15, -0.1) is 11.3 Å². The minimum absolute atomic E-state index is 0.0172. The fourth-order valence-corrected chi connectivity index (χ4v) is 3.43. The Labute approximate surface area is 144 Å². The zero-order valence-corrected chi connectivity index (χ0v) is 14.4. The number of anilines is 1. The molecule has 1 saturated heterocycles. The number of likely N-dealkylation sites (tertiary alicyclic amines) is 1. The van der Waals surface area contributed by atoms with Crippen LogP contribution in [0.4, 0.5) is 5.13 Å². The topological polar surface area (TPSA) is 71.5 Å². The maximum absolute atomic E-state index is 12.3. The van der Waals surface area contributed by atoms with Crippen molar-refractivity contribution in [2.24, 2.45) is 5.92 Å². The summed E-state index contributed by atoms with van der Waals surface area (Å²) in [6.45, 7) is 2.79.